The maximum atomic E-state index is 10.6. The Morgan fingerprint density at radius 3 is 2.48 bits per heavy atom. The van der Waals surface area contributed by atoms with Crippen molar-refractivity contribution in [1.82, 2.24) is 9.78 Å². The zero-order valence-corrected chi connectivity index (χ0v) is 13.6. The summed E-state index contributed by atoms with van der Waals surface area (Å²) in [5, 5.41) is 15.8. The summed E-state index contributed by atoms with van der Waals surface area (Å²) in [6, 6.07) is 10.1. The number of benzene rings is 1. The number of rotatable bonds is 6. The molecule has 0 saturated heterocycles. The third-order valence-corrected chi connectivity index (χ3v) is 4.44. The zero-order valence-electron chi connectivity index (χ0n) is 12.9. The van der Waals surface area contributed by atoms with E-state index < -0.39 is 6.10 Å². The topological polar surface area (TPSA) is 38.0 Å². The van der Waals surface area contributed by atoms with E-state index in [0.29, 0.717) is 11.4 Å². The van der Waals surface area contributed by atoms with E-state index in [1.807, 2.05) is 55.8 Å². The Balaban J connectivity index is 2.19. The Bertz CT molecular complexity index is 580. The average Bonchev–Trinajstić information content (AvgIpc) is 2.83. The van der Waals surface area contributed by atoms with Crippen LogP contribution >= 0.6 is 11.6 Å². The molecule has 1 aromatic heterocycles. The summed E-state index contributed by atoms with van der Waals surface area (Å²) in [7, 11) is 0. The molecule has 114 valence electrons. The summed E-state index contributed by atoms with van der Waals surface area (Å²) in [6.07, 6.45) is 0.857. The fourth-order valence-electron chi connectivity index (χ4n) is 2.57. The molecule has 1 heterocycles. The number of aliphatic hydroxyl groups is 1. The van der Waals surface area contributed by atoms with Crippen LogP contribution in [0.1, 0.15) is 43.6 Å². The van der Waals surface area contributed by atoms with Gasteiger partial charge < -0.3 is 5.11 Å². The third-order valence-electron chi connectivity index (χ3n) is 4.00. The highest BCUT2D eigenvalue weighted by atomic mass is 35.5. The SMILES string of the molecule is CCc1nn(CC)c(CC(O)C(C)c2ccccc2)c1Cl. The Labute approximate surface area is 131 Å². The number of hydrogen-bond acceptors (Lipinski definition) is 2. The molecule has 3 nitrogen and oxygen atoms in total. The Morgan fingerprint density at radius 2 is 1.90 bits per heavy atom. The van der Waals surface area contributed by atoms with Gasteiger partial charge in [0.05, 0.1) is 22.5 Å². The molecule has 0 fully saturated rings. The largest absolute Gasteiger partial charge is 0.392 e. The van der Waals surface area contributed by atoms with E-state index in [2.05, 4.69) is 5.10 Å². The van der Waals surface area contributed by atoms with Gasteiger partial charge in [0.25, 0.3) is 0 Å². The molecule has 2 unspecified atom stereocenters. The predicted octanol–water partition coefficient (Wildman–Crippen LogP) is 3.83. The lowest BCUT2D eigenvalue weighted by Crippen LogP contribution is -2.21. The normalized spacial score (nSPS) is 14.1. The van der Waals surface area contributed by atoms with Crippen LogP contribution in [-0.2, 0) is 19.4 Å². The third kappa shape index (κ3) is 3.47. The fourth-order valence-corrected chi connectivity index (χ4v) is 2.91. The molecule has 2 aromatic rings. The minimum absolute atomic E-state index is 0.0625. The van der Waals surface area contributed by atoms with Crippen LogP contribution < -0.4 is 0 Å². The van der Waals surface area contributed by atoms with E-state index >= 15 is 0 Å². The van der Waals surface area contributed by atoms with Crippen molar-refractivity contribution in [1.29, 1.82) is 0 Å². The molecule has 0 amide bonds. The minimum Gasteiger partial charge on any atom is -0.392 e. The van der Waals surface area contributed by atoms with Crippen molar-refractivity contribution >= 4 is 11.6 Å². The van der Waals surface area contributed by atoms with Crippen LogP contribution in [-0.4, -0.2) is 21.0 Å². The monoisotopic (exact) mass is 306 g/mol. The van der Waals surface area contributed by atoms with Crippen molar-refractivity contribution in [3.05, 3.63) is 52.3 Å². The van der Waals surface area contributed by atoms with Crippen LogP contribution in [0.2, 0.25) is 5.02 Å². The van der Waals surface area contributed by atoms with Gasteiger partial charge in [0, 0.05) is 18.9 Å². The van der Waals surface area contributed by atoms with Gasteiger partial charge >= 0.3 is 0 Å². The summed E-state index contributed by atoms with van der Waals surface area (Å²) >= 11 is 6.41. The van der Waals surface area contributed by atoms with E-state index in [0.717, 1.165) is 29.9 Å². The second-order valence-corrected chi connectivity index (χ2v) is 5.73. The number of aliphatic hydroxyl groups excluding tert-OH is 1. The van der Waals surface area contributed by atoms with Gasteiger partial charge in [-0.05, 0) is 18.9 Å². The van der Waals surface area contributed by atoms with Gasteiger partial charge in [-0.3, -0.25) is 4.68 Å². The van der Waals surface area contributed by atoms with Crippen LogP contribution in [0.4, 0.5) is 0 Å². The van der Waals surface area contributed by atoms with E-state index in [1.165, 1.54) is 0 Å². The lowest BCUT2D eigenvalue weighted by molar-refractivity contribution is 0.147. The van der Waals surface area contributed by atoms with Crippen molar-refractivity contribution in [3.8, 4) is 0 Å². The Morgan fingerprint density at radius 1 is 1.24 bits per heavy atom. The number of aromatic nitrogens is 2. The maximum absolute atomic E-state index is 10.6. The minimum atomic E-state index is -0.475. The van der Waals surface area contributed by atoms with Crippen LogP contribution in [0.15, 0.2) is 30.3 Å². The van der Waals surface area contributed by atoms with Crippen molar-refractivity contribution in [2.24, 2.45) is 0 Å². The molecular formula is C17H23ClN2O. The van der Waals surface area contributed by atoms with Gasteiger partial charge in [-0.25, -0.2) is 0 Å². The van der Waals surface area contributed by atoms with Crippen LogP contribution in [0.25, 0.3) is 0 Å². The first kappa shape index (κ1) is 16.1. The average molecular weight is 307 g/mol. The van der Waals surface area contributed by atoms with E-state index in [1.54, 1.807) is 0 Å². The second-order valence-electron chi connectivity index (χ2n) is 5.35. The second kappa shape index (κ2) is 7.10. The van der Waals surface area contributed by atoms with Gasteiger partial charge in [-0.1, -0.05) is 55.8 Å². The van der Waals surface area contributed by atoms with Crippen LogP contribution in [0, 0.1) is 0 Å². The number of hydrogen-bond donors (Lipinski definition) is 1. The summed E-state index contributed by atoms with van der Waals surface area (Å²) in [4.78, 5) is 0. The molecule has 0 bridgehead atoms. The predicted molar refractivity (Wildman–Crippen MR) is 86.9 cm³/mol. The number of nitrogens with zero attached hydrogens (tertiary/aromatic N) is 2. The van der Waals surface area contributed by atoms with Crippen molar-refractivity contribution in [2.45, 2.75) is 52.2 Å². The molecule has 21 heavy (non-hydrogen) atoms. The fraction of sp³-hybridized carbons (Fsp3) is 0.471. The van der Waals surface area contributed by atoms with Gasteiger partial charge in [-0.2, -0.15) is 5.10 Å². The van der Waals surface area contributed by atoms with Crippen molar-refractivity contribution in [2.75, 3.05) is 0 Å². The summed E-state index contributed by atoms with van der Waals surface area (Å²) in [6.45, 7) is 6.89. The first-order valence-corrected chi connectivity index (χ1v) is 7.93. The molecule has 1 aromatic carbocycles. The molecule has 0 spiro atoms. The molecule has 2 atom stereocenters. The number of aryl methyl sites for hydroxylation is 2. The molecular weight excluding hydrogens is 284 g/mol. The van der Waals surface area contributed by atoms with E-state index in [-0.39, 0.29) is 5.92 Å². The maximum Gasteiger partial charge on any atom is 0.0850 e. The molecule has 0 aliphatic rings. The van der Waals surface area contributed by atoms with Gasteiger partial charge in [-0.15, -0.1) is 0 Å². The highest BCUT2D eigenvalue weighted by Gasteiger charge is 2.22. The van der Waals surface area contributed by atoms with Crippen LogP contribution in [0.3, 0.4) is 0 Å². The Hall–Kier alpha value is -1.32. The van der Waals surface area contributed by atoms with E-state index in [9.17, 15) is 5.11 Å². The molecule has 4 heteroatoms. The summed E-state index contributed by atoms with van der Waals surface area (Å²) in [5.41, 5.74) is 2.98. The molecule has 0 aliphatic heterocycles. The molecule has 0 radical (unpaired) electrons. The van der Waals surface area contributed by atoms with Gasteiger partial charge in [0.2, 0.25) is 0 Å². The number of halogens is 1. The standard InChI is InChI=1S/C17H23ClN2O/c1-4-14-17(18)15(20(5-2)19-14)11-16(21)12(3)13-9-7-6-8-10-13/h6-10,12,16,21H,4-5,11H2,1-3H3. The molecule has 0 aliphatic carbocycles. The smallest absolute Gasteiger partial charge is 0.0850 e. The van der Waals surface area contributed by atoms with Crippen LogP contribution in [0.5, 0.6) is 0 Å². The lowest BCUT2D eigenvalue weighted by atomic mass is 9.92. The molecule has 1 N–H and O–H groups in total. The summed E-state index contributed by atoms with van der Waals surface area (Å²) < 4.78 is 1.90. The highest BCUT2D eigenvalue weighted by molar-refractivity contribution is 6.31. The van der Waals surface area contributed by atoms with Crippen molar-refractivity contribution in [3.63, 3.8) is 0 Å². The van der Waals surface area contributed by atoms with Crippen molar-refractivity contribution < 1.29 is 5.11 Å². The molecule has 2 rings (SSSR count). The highest BCUT2D eigenvalue weighted by Crippen LogP contribution is 2.27. The Kier molecular flexibility index (Phi) is 5.43. The van der Waals surface area contributed by atoms with Gasteiger partial charge in [0.15, 0.2) is 0 Å². The first-order chi connectivity index (χ1) is 10.1. The lowest BCUT2D eigenvalue weighted by Gasteiger charge is -2.20. The first-order valence-electron chi connectivity index (χ1n) is 7.55. The quantitative estimate of drug-likeness (QED) is 0.881. The zero-order chi connectivity index (χ0) is 15.4. The molecule has 0 saturated carbocycles. The summed E-state index contributed by atoms with van der Waals surface area (Å²) in [5.74, 6) is 0.0625. The van der Waals surface area contributed by atoms with E-state index in [4.69, 9.17) is 11.6 Å². The van der Waals surface area contributed by atoms with Gasteiger partial charge in [0.1, 0.15) is 0 Å².